The van der Waals surface area contributed by atoms with E-state index >= 15 is 0 Å². The van der Waals surface area contributed by atoms with Crippen LogP contribution in [-0.4, -0.2) is 21.5 Å². The fraction of sp³-hybridized carbons (Fsp3) is 0.600. The highest BCUT2D eigenvalue weighted by atomic mass is 32.2. The van der Waals surface area contributed by atoms with E-state index in [9.17, 15) is 8.42 Å². The molecule has 0 amide bonds. The van der Waals surface area contributed by atoms with Gasteiger partial charge < -0.3 is 5.32 Å². The zero-order valence-electron chi connectivity index (χ0n) is 9.99. The summed E-state index contributed by atoms with van der Waals surface area (Å²) in [4.78, 5) is 2.26. The van der Waals surface area contributed by atoms with Gasteiger partial charge in [-0.05, 0) is 20.0 Å². The van der Waals surface area contributed by atoms with Crippen LogP contribution in [0.5, 0.6) is 0 Å². The van der Waals surface area contributed by atoms with Crippen molar-refractivity contribution in [3.05, 3.63) is 15.8 Å². The molecule has 0 aliphatic carbocycles. The molecule has 1 aromatic rings. The Balaban J connectivity index is 2.91. The van der Waals surface area contributed by atoms with Gasteiger partial charge in [-0.2, -0.15) is 0 Å². The van der Waals surface area contributed by atoms with Crippen LogP contribution in [0.2, 0.25) is 0 Å². The highest BCUT2D eigenvalue weighted by molar-refractivity contribution is 7.89. The minimum atomic E-state index is -3.31. The average Bonchev–Trinajstić information content (AvgIpc) is 2.57. The third-order valence-corrected chi connectivity index (χ3v) is 4.89. The lowest BCUT2D eigenvalue weighted by Crippen LogP contribution is -2.21. The van der Waals surface area contributed by atoms with Crippen molar-refractivity contribution in [1.82, 2.24) is 10.0 Å². The first-order valence-corrected chi connectivity index (χ1v) is 7.43. The van der Waals surface area contributed by atoms with Gasteiger partial charge >= 0.3 is 0 Å². The lowest BCUT2D eigenvalue weighted by Gasteiger charge is -2.05. The van der Waals surface area contributed by atoms with Crippen LogP contribution in [-0.2, 0) is 16.6 Å². The third kappa shape index (κ3) is 3.28. The zero-order chi connectivity index (χ0) is 12.3. The minimum absolute atomic E-state index is 0.389. The van der Waals surface area contributed by atoms with Crippen LogP contribution < -0.4 is 10.0 Å². The Morgan fingerprint density at radius 2 is 2.06 bits per heavy atom. The van der Waals surface area contributed by atoms with Gasteiger partial charge in [0.1, 0.15) is 0 Å². The lowest BCUT2D eigenvalue weighted by atomic mass is 10.3. The van der Waals surface area contributed by atoms with E-state index in [2.05, 4.69) is 23.9 Å². The number of rotatable bonds is 5. The van der Waals surface area contributed by atoms with Crippen LogP contribution >= 0.6 is 11.3 Å². The molecule has 2 N–H and O–H groups in total. The van der Waals surface area contributed by atoms with Gasteiger partial charge in [0.2, 0.25) is 10.0 Å². The molecule has 0 saturated heterocycles. The first-order chi connectivity index (χ1) is 7.36. The number of aryl methyl sites for hydroxylation is 1. The fourth-order valence-corrected chi connectivity index (χ4v) is 3.60. The largest absolute Gasteiger partial charge is 0.310 e. The van der Waals surface area contributed by atoms with Crippen molar-refractivity contribution < 1.29 is 8.42 Å². The molecule has 0 aromatic carbocycles. The van der Waals surface area contributed by atoms with E-state index in [0.717, 1.165) is 9.75 Å². The van der Waals surface area contributed by atoms with Crippen molar-refractivity contribution in [1.29, 1.82) is 0 Å². The van der Waals surface area contributed by atoms with Crippen LogP contribution in [0.4, 0.5) is 0 Å². The van der Waals surface area contributed by atoms with E-state index in [-0.39, 0.29) is 0 Å². The molecule has 92 valence electrons. The molecule has 0 unspecified atom stereocenters. The average molecular weight is 262 g/mol. The predicted molar refractivity (Wildman–Crippen MR) is 67.3 cm³/mol. The number of nitrogens with one attached hydrogen (secondary N) is 2. The summed E-state index contributed by atoms with van der Waals surface area (Å²) in [6, 6.07) is 2.13. The van der Waals surface area contributed by atoms with Gasteiger partial charge in [-0.15, -0.1) is 11.3 Å². The van der Waals surface area contributed by atoms with Crippen LogP contribution in [0.25, 0.3) is 0 Å². The topological polar surface area (TPSA) is 58.2 Å². The maximum atomic E-state index is 11.6. The second kappa shape index (κ2) is 5.27. The number of hydrogen-bond acceptors (Lipinski definition) is 4. The predicted octanol–water partition coefficient (Wildman–Crippen LogP) is 1.46. The fourth-order valence-electron chi connectivity index (χ4n) is 1.29. The van der Waals surface area contributed by atoms with Crippen molar-refractivity contribution in [2.24, 2.45) is 0 Å². The molecular formula is C10H18N2O2S2. The molecule has 16 heavy (non-hydrogen) atoms. The molecule has 0 atom stereocenters. The summed E-state index contributed by atoms with van der Waals surface area (Å²) in [7, 11) is -1.88. The summed E-state index contributed by atoms with van der Waals surface area (Å²) in [5.74, 6) is 0. The molecule has 0 spiro atoms. The molecule has 4 nitrogen and oxygen atoms in total. The lowest BCUT2D eigenvalue weighted by molar-refractivity contribution is 0.586. The van der Waals surface area contributed by atoms with Gasteiger partial charge in [0.25, 0.3) is 0 Å². The molecule has 0 saturated carbocycles. The molecule has 0 bridgehead atoms. The summed E-state index contributed by atoms with van der Waals surface area (Å²) in [5, 5.41) is 3.27. The Labute approximate surface area is 101 Å². The quantitative estimate of drug-likeness (QED) is 0.844. The van der Waals surface area contributed by atoms with Crippen LogP contribution in [0, 0.1) is 6.92 Å². The SMILES string of the molecule is CNS(=O)(=O)c1cc(CNC(C)C)sc1C. The normalized spacial score (nSPS) is 12.3. The molecule has 0 aliphatic heterocycles. The molecule has 1 rings (SSSR count). The summed E-state index contributed by atoms with van der Waals surface area (Å²) in [6.45, 7) is 6.66. The summed E-state index contributed by atoms with van der Waals surface area (Å²) in [5.41, 5.74) is 0. The highest BCUT2D eigenvalue weighted by Gasteiger charge is 2.17. The van der Waals surface area contributed by atoms with E-state index in [4.69, 9.17) is 0 Å². The first-order valence-electron chi connectivity index (χ1n) is 5.13. The molecule has 1 heterocycles. The molecule has 1 aromatic heterocycles. The van der Waals surface area contributed by atoms with E-state index < -0.39 is 10.0 Å². The van der Waals surface area contributed by atoms with E-state index in [1.165, 1.54) is 18.4 Å². The van der Waals surface area contributed by atoms with Gasteiger partial charge in [-0.1, -0.05) is 13.8 Å². The Kier molecular flexibility index (Phi) is 4.49. The van der Waals surface area contributed by atoms with E-state index in [1.807, 2.05) is 6.92 Å². The monoisotopic (exact) mass is 262 g/mol. The molecule has 0 aliphatic rings. The maximum Gasteiger partial charge on any atom is 0.241 e. The van der Waals surface area contributed by atoms with Gasteiger partial charge in [-0.3, -0.25) is 0 Å². The van der Waals surface area contributed by atoms with Crippen molar-refractivity contribution in [3.8, 4) is 0 Å². The molecular weight excluding hydrogens is 244 g/mol. The zero-order valence-corrected chi connectivity index (χ0v) is 11.6. The Morgan fingerprint density at radius 3 is 2.56 bits per heavy atom. The molecule has 0 radical (unpaired) electrons. The third-order valence-electron chi connectivity index (χ3n) is 2.17. The second-order valence-electron chi connectivity index (χ2n) is 3.88. The van der Waals surface area contributed by atoms with Crippen LogP contribution in [0.15, 0.2) is 11.0 Å². The molecule has 0 fully saturated rings. The van der Waals surface area contributed by atoms with Crippen molar-refractivity contribution in [2.75, 3.05) is 7.05 Å². The van der Waals surface area contributed by atoms with E-state index in [0.29, 0.717) is 17.5 Å². The van der Waals surface area contributed by atoms with Crippen molar-refractivity contribution >= 4 is 21.4 Å². The van der Waals surface area contributed by atoms with Crippen molar-refractivity contribution in [2.45, 2.75) is 38.3 Å². The summed E-state index contributed by atoms with van der Waals surface area (Å²) >= 11 is 1.52. The Hall–Kier alpha value is -0.430. The van der Waals surface area contributed by atoms with Crippen LogP contribution in [0.1, 0.15) is 23.6 Å². The standard InChI is InChI=1S/C10H18N2O2S2/c1-7(2)12-6-9-5-10(8(3)15-9)16(13,14)11-4/h5,7,11-12H,6H2,1-4H3. The Morgan fingerprint density at radius 1 is 1.44 bits per heavy atom. The summed E-state index contributed by atoms with van der Waals surface area (Å²) in [6.07, 6.45) is 0. The Bertz CT molecular complexity index is 449. The summed E-state index contributed by atoms with van der Waals surface area (Å²) < 4.78 is 25.6. The van der Waals surface area contributed by atoms with Gasteiger partial charge in [0, 0.05) is 22.3 Å². The smallest absolute Gasteiger partial charge is 0.241 e. The first kappa shape index (κ1) is 13.6. The van der Waals surface area contributed by atoms with Gasteiger partial charge in [0.05, 0.1) is 4.90 Å². The number of sulfonamides is 1. The minimum Gasteiger partial charge on any atom is -0.310 e. The molecule has 6 heteroatoms. The number of hydrogen-bond donors (Lipinski definition) is 2. The van der Waals surface area contributed by atoms with Gasteiger partial charge in [-0.25, -0.2) is 13.1 Å². The van der Waals surface area contributed by atoms with Gasteiger partial charge in [0.15, 0.2) is 0 Å². The van der Waals surface area contributed by atoms with Crippen LogP contribution in [0.3, 0.4) is 0 Å². The van der Waals surface area contributed by atoms with E-state index in [1.54, 1.807) is 6.07 Å². The maximum absolute atomic E-state index is 11.6. The van der Waals surface area contributed by atoms with Crippen molar-refractivity contribution in [3.63, 3.8) is 0 Å². The number of thiophene rings is 1. The highest BCUT2D eigenvalue weighted by Crippen LogP contribution is 2.25. The second-order valence-corrected chi connectivity index (χ2v) is 7.07.